The van der Waals surface area contributed by atoms with Crippen molar-refractivity contribution in [1.29, 1.82) is 0 Å². The number of hydrogen-bond donors (Lipinski definition) is 0. The van der Waals surface area contributed by atoms with Crippen molar-refractivity contribution < 1.29 is 18.8 Å². The van der Waals surface area contributed by atoms with E-state index in [9.17, 15) is 4.79 Å². The Morgan fingerprint density at radius 1 is 1.14 bits per heavy atom. The van der Waals surface area contributed by atoms with Gasteiger partial charge in [0.1, 0.15) is 0 Å². The van der Waals surface area contributed by atoms with Gasteiger partial charge in [-0.15, -0.1) is 0 Å². The fourth-order valence-corrected chi connectivity index (χ4v) is 3.06. The molecule has 0 atom stereocenters. The summed E-state index contributed by atoms with van der Waals surface area (Å²) in [5, 5.41) is 4.01. The van der Waals surface area contributed by atoms with Gasteiger partial charge in [-0.05, 0) is 35.9 Å². The van der Waals surface area contributed by atoms with Gasteiger partial charge in [-0.1, -0.05) is 11.2 Å². The maximum absolute atomic E-state index is 12.4. The SMILES string of the molecule is COc1ccc(/C=C/C(=O)N2CC(c3nc(-c4ccncc4)no3)C2)cc1OC. The van der Waals surface area contributed by atoms with Crippen molar-refractivity contribution >= 4 is 12.0 Å². The maximum Gasteiger partial charge on any atom is 0.246 e. The van der Waals surface area contributed by atoms with E-state index in [-0.39, 0.29) is 11.8 Å². The molecule has 1 amide bonds. The zero-order chi connectivity index (χ0) is 20.2. The third-order valence-electron chi connectivity index (χ3n) is 4.75. The van der Waals surface area contributed by atoms with Gasteiger partial charge in [-0.25, -0.2) is 0 Å². The van der Waals surface area contributed by atoms with Crippen LogP contribution in [0.25, 0.3) is 17.5 Å². The molecule has 0 unspecified atom stereocenters. The summed E-state index contributed by atoms with van der Waals surface area (Å²) >= 11 is 0. The van der Waals surface area contributed by atoms with E-state index in [1.54, 1.807) is 49.7 Å². The van der Waals surface area contributed by atoms with Crippen LogP contribution in [0.1, 0.15) is 17.4 Å². The number of carbonyl (C=O) groups is 1. The number of carbonyl (C=O) groups excluding carboxylic acids is 1. The summed E-state index contributed by atoms with van der Waals surface area (Å²) in [7, 11) is 3.16. The lowest BCUT2D eigenvalue weighted by Gasteiger charge is -2.36. The highest BCUT2D eigenvalue weighted by molar-refractivity contribution is 5.92. The van der Waals surface area contributed by atoms with Crippen LogP contribution in [0.4, 0.5) is 0 Å². The zero-order valence-electron chi connectivity index (χ0n) is 16.1. The van der Waals surface area contributed by atoms with Crippen LogP contribution in [0.5, 0.6) is 11.5 Å². The second-order valence-electron chi connectivity index (χ2n) is 6.58. The van der Waals surface area contributed by atoms with E-state index in [0.29, 0.717) is 36.3 Å². The van der Waals surface area contributed by atoms with Crippen LogP contribution >= 0.6 is 0 Å². The van der Waals surface area contributed by atoms with Crippen molar-refractivity contribution in [3.63, 3.8) is 0 Å². The van der Waals surface area contributed by atoms with E-state index < -0.39 is 0 Å². The standard InChI is InChI=1S/C21H20N4O4/c1-27-17-5-3-14(11-18(17)28-2)4-6-19(26)25-12-16(13-25)21-23-20(24-29-21)15-7-9-22-10-8-15/h3-11,16H,12-13H2,1-2H3/b6-4+. The molecule has 0 N–H and O–H groups in total. The van der Waals surface area contributed by atoms with Crippen molar-refractivity contribution in [1.82, 2.24) is 20.0 Å². The molecule has 1 aromatic carbocycles. The first kappa shape index (κ1) is 18.7. The fraction of sp³-hybridized carbons (Fsp3) is 0.238. The molecule has 1 aliphatic heterocycles. The second-order valence-corrected chi connectivity index (χ2v) is 6.58. The Morgan fingerprint density at radius 2 is 1.90 bits per heavy atom. The molecule has 0 radical (unpaired) electrons. The van der Waals surface area contributed by atoms with E-state index >= 15 is 0 Å². The van der Waals surface area contributed by atoms with E-state index in [2.05, 4.69) is 15.1 Å². The quantitative estimate of drug-likeness (QED) is 0.596. The number of hydrogen-bond acceptors (Lipinski definition) is 7. The molecule has 148 valence electrons. The molecule has 4 rings (SSSR count). The van der Waals surface area contributed by atoms with Gasteiger partial charge in [0.05, 0.1) is 20.1 Å². The van der Waals surface area contributed by atoms with Crippen LogP contribution < -0.4 is 9.47 Å². The first-order chi connectivity index (χ1) is 14.2. The number of ether oxygens (including phenoxy) is 2. The normalized spacial score (nSPS) is 14.1. The number of likely N-dealkylation sites (tertiary alicyclic amines) is 1. The van der Waals surface area contributed by atoms with Gasteiger partial charge >= 0.3 is 0 Å². The van der Waals surface area contributed by atoms with Gasteiger partial charge in [0.15, 0.2) is 11.5 Å². The lowest BCUT2D eigenvalue weighted by atomic mass is 10.00. The minimum Gasteiger partial charge on any atom is -0.493 e. The highest BCUT2D eigenvalue weighted by atomic mass is 16.5. The van der Waals surface area contributed by atoms with Crippen LogP contribution in [0.3, 0.4) is 0 Å². The minimum absolute atomic E-state index is 0.0523. The summed E-state index contributed by atoms with van der Waals surface area (Å²) in [5.74, 6) is 2.33. The second kappa shape index (κ2) is 8.14. The van der Waals surface area contributed by atoms with Crippen molar-refractivity contribution in [2.75, 3.05) is 27.3 Å². The molecular weight excluding hydrogens is 372 g/mol. The molecular formula is C21H20N4O4. The van der Waals surface area contributed by atoms with E-state index in [0.717, 1.165) is 11.1 Å². The number of rotatable bonds is 6. The minimum atomic E-state index is -0.0649. The lowest BCUT2D eigenvalue weighted by Crippen LogP contribution is -2.47. The summed E-state index contributed by atoms with van der Waals surface area (Å²) in [4.78, 5) is 22.5. The summed E-state index contributed by atoms with van der Waals surface area (Å²) < 4.78 is 15.9. The predicted molar refractivity (Wildman–Crippen MR) is 105 cm³/mol. The number of pyridine rings is 1. The Kier molecular flexibility index (Phi) is 5.24. The smallest absolute Gasteiger partial charge is 0.246 e. The lowest BCUT2D eigenvalue weighted by molar-refractivity contribution is -0.130. The van der Waals surface area contributed by atoms with E-state index in [1.165, 1.54) is 0 Å². The summed E-state index contributed by atoms with van der Waals surface area (Å²) in [5.41, 5.74) is 1.70. The summed E-state index contributed by atoms with van der Waals surface area (Å²) in [6.07, 6.45) is 6.67. The van der Waals surface area contributed by atoms with E-state index in [4.69, 9.17) is 14.0 Å². The first-order valence-corrected chi connectivity index (χ1v) is 9.11. The topological polar surface area (TPSA) is 90.6 Å². The largest absolute Gasteiger partial charge is 0.493 e. The van der Waals surface area contributed by atoms with Gasteiger partial charge in [-0.2, -0.15) is 4.98 Å². The monoisotopic (exact) mass is 392 g/mol. The highest BCUT2D eigenvalue weighted by Crippen LogP contribution is 2.29. The third kappa shape index (κ3) is 3.96. The van der Waals surface area contributed by atoms with Crippen LogP contribution in [0.15, 0.2) is 53.3 Å². The highest BCUT2D eigenvalue weighted by Gasteiger charge is 2.34. The Labute approximate surface area is 167 Å². The molecule has 3 heterocycles. The average Bonchev–Trinajstić information content (AvgIpc) is 3.21. The number of nitrogens with zero attached hydrogens (tertiary/aromatic N) is 4. The van der Waals surface area contributed by atoms with Crippen LogP contribution in [-0.4, -0.2) is 53.2 Å². The van der Waals surface area contributed by atoms with E-state index in [1.807, 2.05) is 24.3 Å². The molecule has 8 heteroatoms. The predicted octanol–water partition coefficient (Wildman–Crippen LogP) is 2.79. The molecule has 0 bridgehead atoms. The Bertz CT molecular complexity index is 1030. The zero-order valence-corrected chi connectivity index (χ0v) is 16.1. The van der Waals surface area contributed by atoms with Gasteiger partial charge < -0.3 is 18.9 Å². The van der Waals surface area contributed by atoms with Crippen molar-refractivity contribution in [2.24, 2.45) is 0 Å². The average molecular weight is 392 g/mol. The third-order valence-corrected chi connectivity index (χ3v) is 4.75. The van der Waals surface area contributed by atoms with Crippen LogP contribution in [0, 0.1) is 0 Å². The molecule has 29 heavy (non-hydrogen) atoms. The van der Waals surface area contributed by atoms with Crippen molar-refractivity contribution in [2.45, 2.75) is 5.92 Å². The number of amides is 1. The van der Waals surface area contributed by atoms with Crippen LogP contribution in [-0.2, 0) is 4.79 Å². The molecule has 3 aromatic rings. The summed E-state index contributed by atoms with van der Waals surface area (Å²) in [6, 6.07) is 9.14. The molecule has 0 spiro atoms. The first-order valence-electron chi connectivity index (χ1n) is 9.11. The Balaban J connectivity index is 1.35. The molecule has 0 saturated carbocycles. The number of aromatic nitrogens is 3. The van der Waals surface area contributed by atoms with Crippen molar-refractivity contribution in [3.05, 3.63) is 60.3 Å². The molecule has 1 aliphatic rings. The molecule has 1 fully saturated rings. The number of methoxy groups -OCH3 is 2. The molecule has 2 aromatic heterocycles. The molecule has 1 saturated heterocycles. The maximum atomic E-state index is 12.4. The molecule has 8 nitrogen and oxygen atoms in total. The van der Waals surface area contributed by atoms with Crippen molar-refractivity contribution in [3.8, 4) is 22.9 Å². The van der Waals surface area contributed by atoms with Gasteiger partial charge in [0.25, 0.3) is 0 Å². The molecule has 0 aliphatic carbocycles. The van der Waals surface area contributed by atoms with Gasteiger partial charge in [0, 0.05) is 37.1 Å². The Hall–Kier alpha value is -3.68. The van der Waals surface area contributed by atoms with Gasteiger partial charge in [0.2, 0.25) is 17.6 Å². The fourth-order valence-electron chi connectivity index (χ4n) is 3.06. The summed E-state index contributed by atoms with van der Waals surface area (Å²) in [6.45, 7) is 1.10. The Morgan fingerprint density at radius 3 is 2.62 bits per heavy atom. The van der Waals surface area contributed by atoms with Gasteiger partial charge in [-0.3, -0.25) is 9.78 Å². The number of benzene rings is 1. The van der Waals surface area contributed by atoms with Crippen LogP contribution in [0.2, 0.25) is 0 Å².